The molecule has 3 heterocycles. The van der Waals surface area contributed by atoms with Crippen molar-refractivity contribution in [3.63, 3.8) is 0 Å². The van der Waals surface area contributed by atoms with Crippen LogP contribution in [0.25, 0.3) is 11.1 Å². The summed E-state index contributed by atoms with van der Waals surface area (Å²) >= 11 is 0. The molecule has 0 atom stereocenters. The fourth-order valence-corrected chi connectivity index (χ4v) is 3.75. The van der Waals surface area contributed by atoms with Crippen molar-refractivity contribution in [1.29, 1.82) is 0 Å². The van der Waals surface area contributed by atoms with Crippen LogP contribution in [0.5, 0.6) is 0 Å². The third-order valence-electron chi connectivity index (χ3n) is 5.11. The van der Waals surface area contributed by atoms with Crippen molar-refractivity contribution in [2.45, 2.75) is 32.1 Å². The molecule has 0 saturated heterocycles. The summed E-state index contributed by atoms with van der Waals surface area (Å²) in [4.78, 5) is 24.0. The van der Waals surface area contributed by atoms with E-state index in [0.717, 1.165) is 43.1 Å². The Bertz CT molecular complexity index is 993. The molecule has 7 heteroatoms. The number of halogens is 2. The van der Waals surface area contributed by atoms with Crippen LogP contribution in [0.2, 0.25) is 0 Å². The van der Waals surface area contributed by atoms with Crippen LogP contribution in [0.1, 0.15) is 52.2 Å². The lowest BCUT2D eigenvalue weighted by molar-refractivity contribution is 0.0694. The molecule has 138 valence electrons. The van der Waals surface area contributed by atoms with Crippen molar-refractivity contribution in [3.8, 4) is 0 Å². The Kier molecular flexibility index (Phi) is 4.90. The third-order valence-corrected chi connectivity index (χ3v) is 5.11. The molecule has 0 radical (unpaired) electrons. The van der Waals surface area contributed by atoms with Gasteiger partial charge in [-0.15, -0.1) is 12.4 Å². The van der Waals surface area contributed by atoms with Crippen LogP contribution in [-0.2, 0) is 0 Å². The maximum absolute atomic E-state index is 14.9. The van der Waals surface area contributed by atoms with Crippen molar-refractivity contribution in [2.24, 2.45) is 0 Å². The molecule has 1 aliphatic carbocycles. The van der Waals surface area contributed by atoms with Gasteiger partial charge in [0.1, 0.15) is 11.4 Å². The number of hydrogen-bond donors (Lipinski definition) is 2. The number of carbonyl (C=O) groups is 1. The van der Waals surface area contributed by atoms with E-state index in [2.05, 4.69) is 5.32 Å². The fourth-order valence-electron chi connectivity index (χ4n) is 3.75. The first-order valence-electron chi connectivity index (χ1n) is 8.51. The Morgan fingerprint density at radius 1 is 1.38 bits per heavy atom. The monoisotopic (exact) mass is 378 g/mol. The van der Waals surface area contributed by atoms with E-state index in [1.54, 1.807) is 0 Å². The average molecular weight is 379 g/mol. The second-order valence-electron chi connectivity index (χ2n) is 6.78. The van der Waals surface area contributed by atoms with Gasteiger partial charge >= 0.3 is 5.97 Å². The van der Waals surface area contributed by atoms with Crippen LogP contribution < -0.4 is 10.9 Å². The number of aromatic nitrogens is 1. The number of carboxylic acids is 1. The molecule has 0 amide bonds. The second-order valence-corrected chi connectivity index (χ2v) is 6.78. The molecule has 0 bridgehead atoms. The standard InChI is InChI=1S/C19H19FN2O3.ClH/c1-10-16(12-4-6-21-7-5-12)15(20)9-22-17(10)13(11-2-3-11)8-14(18(22)23)19(24)25;/h4,8-9,11,21H,2-3,5-7H2,1H3,(H,24,25);1H. The number of carboxylic acid groups (broad SMARTS) is 1. The maximum Gasteiger partial charge on any atom is 0.341 e. The zero-order valence-electron chi connectivity index (χ0n) is 14.3. The number of nitrogens with zero attached hydrogens (tertiary/aromatic N) is 1. The predicted molar refractivity (Wildman–Crippen MR) is 100 cm³/mol. The van der Waals surface area contributed by atoms with Crippen molar-refractivity contribution in [2.75, 3.05) is 13.1 Å². The summed E-state index contributed by atoms with van der Waals surface area (Å²) in [5.74, 6) is -1.51. The summed E-state index contributed by atoms with van der Waals surface area (Å²) in [5, 5.41) is 12.5. The zero-order chi connectivity index (χ0) is 17.7. The molecule has 1 saturated carbocycles. The van der Waals surface area contributed by atoms with Gasteiger partial charge in [-0.05, 0) is 61.4 Å². The SMILES string of the molecule is Cc1c(C2=CCNCC2)c(F)cn2c(=O)c(C(=O)O)cc(C3CC3)c12.Cl. The summed E-state index contributed by atoms with van der Waals surface area (Å²) in [7, 11) is 0. The highest BCUT2D eigenvalue weighted by molar-refractivity contribution is 5.89. The largest absolute Gasteiger partial charge is 0.477 e. The lowest BCUT2D eigenvalue weighted by atomic mass is 9.93. The van der Waals surface area contributed by atoms with Crippen LogP contribution in [0, 0.1) is 12.7 Å². The van der Waals surface area contributed by atoms with E-state index in [1.807, 2.05) is 13.0 Å². The Morgan fingerprint density at radius 3 is 2.69 bits per heavy atom. The van der Waals surface area contributed by atoms with Crippen LogP contribution in [-0.4, -0.2) is 28.6 Å². The minimum Gasteiger partial charge on any atom is -0.477 e. The smallest absolute Gasteiger partial charge is 0.341 e. The summed E-state index contributed by atoms with van der Waals surface area (Å²) in [6, 6.07) is 1.49. The van der Waals surface area contributed by atoms with Gasteiger partial charge in [0.2, 0.25) is 0 Å². The van der Waals surface area contributed by atoms with Gasteiger partial charge < -0.3 is 10.4 Å². The highest BCUT2D eigenvalue weighted by Crippen LogP contribution is 2.43. The second kappa shape index (κ2) is 6.85. The van der Waals surface area contributed by atoms with Crippen molar-refractivity contribution in [1.82, 2.24) is 9.72 Å². The van der Waals surface area contributed by atoms with E-state index in [0.29, 0.717) is 23.2 Å². The molecule has 2 aliphatic rings. The molecule has 0 aromatic carbocycles. The first-order valence-corrected chi connectivity index (χ1v) is 8.51. The topological polar surface area (TPSA) is 70.8 Å². The van der Waals surface area contributed by atoms with Gasteiger partial charge in [0, 0.05) is 18.3 Å². The van der Waals surface area contributed by atoms with E-state index in [4.69, 9.17) is 0 Å². The molecular formula is C19H20ClFN2O3. The minimum atomic E-state index is -1.27. The number of nitrogens with one attached hydrogen (secondary N) is 1. The predicted octanol–water partition coefficient (Wildman–Crippen LogP) is 3.12. The van der Waals surface area contributed by atoms with Crippen LogP contribution in [0.4, 0.5) is 4.39 Å². The molecular weight excluding hydrogens is 359 g/mol. The van der Waals surface area contributed by atoms with E-state index in [-0.39, 0.29) is 23.9 Å². The maximum atomic E-state index is 14.9. The third kappa shape index (κ3) is 2.93. The molecule has 1 aliphatic heterocycles. The summed E-state index contributed by atoms with van der Waals surface area (Å²) < 4.78 is 16.0. The van der Waals surface area contributed by atoms with Crippen LogP contribution in [0.15, 0.2) is 23.1 Å². The quantitative estimate of drug-likeness (QED) is 0.860. The molecule has 0 spiro atoms. The van der Waals surface area contributed by atoms with Crippen molar-refractivity contribution >= 4 is 29.5 Å². The normalized spacial score (nSPS) is 16.9. The number of rotatable bonds is 3. The molecule has 1 fully saturated rings. The molecule has 26 heavy (non-hydrogen) atoms. The first-order chi connectivity index (χ1) is 12.0. The lowest BCUT2D eigenvalue weighted by Crippen LogP contribution is -2.25. The number of hydrogen-bond acceptors (Lipinski definition) is 3. The number of aryl methyl sites for hydroxylation is 1. The van der Waals surface area contributed by atoms with E-state index in [9.17, 15) is 19.1 Å². The van der Waals surface area contributed by atoms with E-state index in [1.165, 1.54) is 10.5 Å². The average Bonchev–Trinajstić information content (AvgIpc) is 3.41. The first kappa shape index (κ1) is 18.6. The molecule has 2 N–H and O–H groups in total. The van der Waals surface area contributed by atoms with Gasteiger partial charge in [0.25, 0.3) is 5.56 Å². The van der Waals surface area contributed by atoms with Gasteiger partial charge in [-0.1, -0.05) is 6.08 Å². The van der Waals surface area contributed by atoms with Crippen LogP contribution in [0.3, 0.4) is 0 Å². The summed E-state index contributed by atoms with van der Waals surface area (Å²) in [6.07, 6.45) is 5.79. The number of pyridine rings is 2. The zero-order valence-corrected chi connectivity index (χ0v) is 15.2. The van der Waals surface area contributed by atoms with E-state index >= 15 is 0 Å². The van der Waals surface area contributed by atoms with Crippen molar-refractivity contribution in [3.05, 3.63) is 56.8 Å². The van der Waals surface area contributed by atoms with Gasteiger partial charge in [0.05, 0.1) is 5.52 Å². The van der Waals surface area contributed by atoms with Crippen molar-refractivity contribution < 1.29 is 14.3 Å². The Hall–Kier alpha value is -2.18. The van der Waals surface area contributed by atoms with Gasteiger partial charge in [-0.3, -0.25) is 9.20 Å². The Morgan fingerprint density at radius 2 is 2.12 bits per heavy atom. The van der Waals surface area contributed by atoms with Crippen LogP contribution >= 0.6 is 12.4 Å². The summed E-state index contributed by atoms with van der Waals surface area (Å²) in [5.41, 5.74) is 2.72. The molecule has 4 rings (SSSR count). The van der Waals surface area contributed by atoms with Gasteiger partial charge in [-0.2, -0.15) is 0 Å². The molecule has 2 aromatic rings. The highest BCUT2D eigenvalue weighted by atomic mass is 35.5. The van der Waals surface area contributed by atoms with Gasteiger partial charge in [0.15, 0.2) is 0 Å². The Labute approximate surface area is 155 Å². The van der Waals surface area contributed by atoms with E-state index < -0.39 is 17.3 Å². The lowest BCUT2D eigenvalue weighted by Gasteiger charge is -2.20. The summed E-state index contributed by atoms with van der Waals surface area (Å²) in [6.45, 7) is 3.30. The molecule has 0 unspecified atom stereocenters. The highest BCUT2D eigenvalue weighted by Gasteiger charge is 2.30. The fraction of sp³-hybridized carbons (Fsp3) is 0.368. The minimum absolute atomic E-state index is 0. The van der Waals surface area contributed by atoms with Gasteiger partial charge in [-0.25, -0.2) is 9.18 Å². The molecule has 5 nitrogen and oxygen atoms in total. The number of aromatic carboxylic acids is 1. The Balaban J connectivity index is 0.00000196. The number of fused-ring (bicyclic) bond motifs is 1. The molecule has 2 aromatic heterocycles.